The Morgan fingerprint density at radius 2 is 2.00 bits per heavy atom. The molecule has 1 heterocycles. The number of nitrogen functional groups attached to an aromatic ring is 1. The topological polar surface area (TPSA) is 65.2 Å². The van der Waals surface area contributed by atoms with Crippen LogP contribution in [0.5, 0.6) is 0 Å². The molecule has 1 atom stereocenters. The number of hydrogen-bond donors (Lipinski definition) is 2. The fraction of sp³-hybridized carbons (Fsp3) is 0.333. The molecule has 0 aromatic carbocycles. The van der Waals surface area contributed by atoms with Crippen LogP contribution in [0.1, 0.15) is 11.8 Å². The van der Waals surface area contributed by atoms with Crippen LogP contribution in [0, 0.1) is 0 Å². The van der Waals surface area contributed by atoms with E-state index in [1.165, 1.54) is 6.07 Å². The van der Waals surface area contributed by atoms with E-state index in [0.29, 0.717) is 0 Å². The van der Waals surface area contributed by atoms with E-state index in [9.17, 15) is 13.2 Å². The van der Waals surface area contributed by atoms with E-state index in [1.807, 2.05) is 0 Å². The molecule has 1 aromatic heterocycles. The summed E-state index contributed by atoms with van der Waals surface area (Å²) in [5, 5.41) is 0. The van der Waals surface area contributed by atoms with Gasteiger partial charge >= 0.3 is 6.18 Å². The predicted octanol–water partition coefficient (Wildman–Crippen LogP) is 1.42. The van der Waals surface area contributed by atoms with Crippen LogP contribution in [-0.2, 0) is 0 Å². The number of alkyl halides is 3. The first kappa shape index (κ1) is 8.92. The van der Waals surface area contributed by atoms with Crippen molar-refractivity contribution in [1.82, 2.24) is 0 Å². The zero-order chi connectivity index (χ0) is 9.35. The summed E-state index contributed by atoms with van der Waals surface area (Å²) in [4.78, 5) is 0. The van der Waals surface area contributed by atoms with Crippen molar-refractivity contribution in [3.05, 3.63) is 18.1 Å². The van der Waals surface area contributed by atoms with Crippen molar-refractivity contribution in [2.45, 2.75) is 12.2 Å². The van der Waals surface area contributed by atoms with Crippen molar-refractivity contribution < 1.29 is 17.6 Å². The van der Waals surface area contributed by atoms with Crippen LogP contribution < -0.4 is 11.5 Å². The maximum absolute atomic E-state index is 12.0. The van der Waals surface area contributed by atoms with E-state index < -0.39 is 18.0 Å². The van der Waals surface area contributed by atoms with E-state index in [2.05, 4.69) is 4.42 Å². The van der Waals surface area contributed by atoms with Crippen LogP contribution in [-0.4, -0.2) is 6.18 Å². The molecule has 1 unspecified atom stereocenters. The van der Waals surface area contributed by atoms with Gasteiger partial charge in [-0.3, -0.25) is 0 Å². The van der Waals surface area contributed by atoms with Gasteiger partial charge in [0.25, 0.3) is 0 Å². The molecule has 0 aliphatic rings. The van der Waals surface area contributed by atoms with Crippen LogP contribution >= 0.6 is 0 Å². The van der Waals surface area contributed by atoms with Gasteiger partial charge in [-0.05, 0) is 6.07 Å². The molecule has 4 N–H and O–H groups in total. The van der Waals surface area contributed by atoms with Gasteiger partial charge in [-0.15, -0.1) is 0 Å². The predicted molar refractivity (Wildman–Crippen MR) is 36.1 cm³/mol. The summed E-state index contributed by atoms with van der Waals surface area (Å²) in [5.74, 6) is -0.442. The van der Waals surface area contributed by atoms with E-state index >= 15 is 0 Å². The minimum atomic E-state index is -4.52. The fourth-order valence-corrected chi connectivity index (χ4v) is 0.732. The Morgan fingerprint density at radius 1 is 1.42 bits per heavy atom. The minimum Gasteiger partial charge on any atom is -0.465 e. The summed E-state index contributed by atoms with van der Waals surface area (Å²) in [6.07, 6.45) is -3.46. The summed E-state index contributed by atoms with van der Waals surface area (Å²) < 4.78 is 40.3. The van der Waals surface area contributed by atoms with Crippen LogP contribution in [0.3, 0.4) is 0 Å². The average molecular weight is 180 g/mol. The number of anilines is 1. The van der Waals surface area contributed by atoms with Gasteiger partial charge in [0, 0.05) is 0 Å². The van der Waals surface area contributed by atoms with E-state index in [1.54, 1.807) is 0 Å². The molecule has 0 saturated carbocycles. The highest BCUT2D eigenvalue weighted by molar-refractivity contribution is 5.42. The quantitative estimate of drug-likeness (QED) is 0.686. The Bertz CT molecular complexity index is 268. The molecular weight excluding hydrogens is 173 g/mol. The molecule has 6 heteroatoms. The van der Waals surface area contributed by atoms with Gasteiger partial charge in [-0.25, -0.2) is 0 Å². The zero-order valence-electron chi connectivity index (χ0n) is 5.93. The highest BCUT2D eigenvalue weighted by atomic mass is 19.4. The third-order valence-electron chi connectivity index (χ3n) is 1.36. The standard InChI is InChI=1S/C6H7F3N2O/c7-6(8,9)5(11)4-3(10)1-2-12-4/h1-2,5H,10-11H2. The molecule has 12 heavy (non-hydrogen) atoms. The van der Waals surface area contributed by atoms with E-state index in [-0.39, 0.29) is 5.69 Å². The number of halogens is 3. The number of hydrogen-bond acceptors (Lipinski definition) is 3. The first-order valence-corrected chi connectivity index (χ1v) is 3.08. The fourth-order valence-electron chi connectivity index (χ4n) is 0.732. The van der Waals surface area contributed by atoms with E-state index in [4.69, 9.17) is 11.5 Å². The Morgan fingerprint density at radius 3 is 2.33 bits per heavy atom. The van der Waals surface area contributed by atoms with Gasteiger partial charge in [0.05, 0.1) is 12.0 Å². The largest absolute Gasteiger partial charge is 0.465 e. The molecule has 0 aliphatic carbocycles. The van der Waals surface area contributed by atoms with Gasteiger partial charge < -0.3 is 15.9 Å². The smallest absolute Gasteiger partial charge is 0.410 e. The summed E-state index contributed by atoms with van der Waals surface area (Å²) >= 11 is 0. The summed E-state index contributed by atoms with van der Waals surface area (Å²) in [7, 11) is 0. The van der Waals surface area contributed by atoms with Crippen molar-refractivity contribution >= 4 is 5.69 Å². The molecule has 1 aromatic rings. The summed E-state index contributed by atoms with van der Waals surface area (Å²) in [6.45, 7) is 0. The van der Waals surface area contributed by atoms with Gasteiger partial charge in [0.1, 0.15) is 0 Å². The van der Waals surface area contributed by atoms with Gasteiger partial charge in [0.2, 0.25) is 0 Å². The maximum Gasteiger partial charge on any atom is 0.410 e. The maximum atomic E-state index is 12.0. The Labute approximate surface area is 66.1 Å². The van der Waals surface area contributed by atoms with Gasteiger partial charge in [-0.1, -0.05) is 0 Å². The third-order valence-corrected chi connectivity index (χ3v) is 1.36. The lowest BCUT2D eigenvalue weighted by molar-refractivity contribution is -0.152. The normalized spacial score (nSPS) is 14.7. The first-order valence-electron chi connectivity index (χ1n) is 3.08. The monoisotopic (exact) mass is 180 g/mol. The van der Waals surface area contributed by atoms with Crippen LogP contribution in [0.4, 0.5) is 18.9 Å². The van der Waals surface area contributed by atoms with Crippen LogP contribution in [0.15, 0.2) is 16.7 Å². The van der Waals surface area contributed by atoms with Crippen molar-refractivity contribution in [2.24, 2.45) is 5.73 Å². The molecule has 0 spiro atoms. The molecule has 0 saturated heterocycles. The minimum absolute atomic E-state index is 0.0835. The molecule has 0 fully saturated rings. The Hall–Kier alpha value is -1.17. The summed E-state index contributed by atoms with van der Waals surface area (Å²) in [5.41, 5.74) is 9.90. The van der Waals surface area contributed by atoms with E-state index in [0.717, 1.165) is 6.26 Å². The second kappa shape index (κ2) is 2.71. The Kier molecular flexibility index (Phi) is 2.01. The lowest BCUT2D eigenvalue weighted by Gasteiger charge is -2.13. The number of rotatable bonds is 1. The molecule has 0 radical (unpaired) electrons. The lowest BCUT2D eigenvalue weighted by Crippen LogP contribution is -2.28. The summed E-state index contributed by atoms with van der Waals surface area (Å²) in [6, 6.07) is -0.923. The third kappa shape index (κ3) is 1.53. The van der Waals surface area contributed by atoms with Crippen molar-refractivity contribution in [1.29, 1.82) is 0 Å². The zero-order valence-corrected chi connectivity index (χ0v) is 5.93. The van der Waals surface area contributed by atoms with Crippen molar-refractivity contribution in [2.75, 3.05) is 5.73 Å². The second-order valence-electron chi connectivity index (χ2n) is 2.26. The highest BCUT2D eigenvalue weighted by Gasteiger charge is 2.40. The lowest BCUT2D eigenvalue weighted by atomic mass is 10.2. The molecule has 3 nitrogen and oxygen atoms in total. The second-order valence-corrected chi connectivity index (χ2v) is 2.26. The molecular formula is C6H7F3N2O. The first-order chi connectivity index (χ1) is 5.43. The van der Waals surface area contributed by atoms with Crippen LogP contribution in [0.2, 0.25) is 0 Å². The molecule has 0 aliphatic heterocycles. The highest BCUT2D eigenvalue weighted by Crippen LogP contribution is 2.33. The molecule has 1 rings (SSSR count). The average Bonchev–Trinajstić information content (AvgIpc) is 2.31. The molecule has 68 valence electrons. The SMILES string of the molecule is Nc1ccoc1C(N)C(F)(F)F. The number of nitrogens with two attached hydrogens (primary N) is 2. The van der Waals surface area contributed by atoms with Crippen LogP contribution in [0.25, 0.3) is 0 Å². The van der Waals surface area contributed by atoms with Crippen molar-refractivity contribution in [3.8, 4) is 0 Å². The van der Waals surface area contributed by atoms with Gasteiger partial charge in [-0.2, -0.15) is 13.2 Å². The molecule has 0 amide bonds. The van der Waals surface area contributed by atoms with Crippen molar-refractivity contribution in [3.63, 3.8) is 0 Å². The number of furan rings is 1. The Balaban J connectivity index is 2.92. The van der Waals surface area contributed by atoms with Gasteiger partial charge in [0.15, 0.2) is 11.8 Å². The molecule has 0 bridgehead atoms.